The Kier molecular flexibility index (Phi) is 5.84. The first kappa shape index (κ1) is 21.8. The molecular weight excluding hydrogens is 414 g/mol. The van der Waals surface area contributed by atoms with Gasteiger partial charge in [0.15, 0.2) is 6.23 Å². The molecule has 2 heterocycles. The predicted molar refractivity (Wildman–Crippen MR) is 119 cm³/mol. The molecule has 1 unspecified atom stereocenters. The number of aryl methyl sites for hydroxylation is 1. The molecule has 32 heavy (non-hydrogen) atoms. The molecular formula is C25H24F2N2O3. The van der Waals surface area contributed by atoms with Crippen molar-refractivity contribution in [3.63, 3.8) is 0 Å². The van der Waals surface area contributed by atoms with Crippen LogP contribution < -0.4 is 0 Å². The largest absolute Gasteiger partial charge is 0.461 e. The second kappa shape index (κ2) is 8.59. The third kappa shape index (κ3) is 3.80. The molecule has 2 aromatic carbocycles. The molecule has 0 fully saturated rings. The Morgan fingerprint density at radius 3 is 2.72 bits per heavy atom. The number of benzene rings is 2. The van der Waals surface area contributed by atoms with Crippen LogP contribution in [0.25, 0.3) is 16.5 Å². The highest BCUT2D eigenvalue weighted by atomic mass is 19.1. The van der Waals surface area contributed by atoms with E-state index < -0.39 is 23.8 Å². The molecule has 0 spiro atoms. The van der Waals surface area contributed by atoms with Gasteiger partial charge in [0.1, 0.15) is 17.3 Å². The fourth-order valence-electron chi connectivity index (χ4n) is 4.05. The predicted octanol–water partition coefficient (Wildman–Crippen LogP) is 4.61. The molecule has 7 heteroatoms. The van der Waals surface area contributed by atoms with Gasteiger partial charge in [-0.15, -0.1) is 0 Å². The van der Waals surface area contributed by atoms with E-state index in [2.05, 4.69) is 0 Å². The lowest BCUT2D eigenvalue weighted by atomic mass is 9.97. The van der Waals surface area contributed by atoms with Crippen LogP contribution in [0.1, 0.15) is 34.1 Å². The van der Waals surface area contributed by atoms with Crippen LogP contribution in [-0.4, -0.2) is 40.4 Å². The molecule has 1 aliphatic rings. The number of ether oxygens (including phenoxy) is 1. The highest BCUT2D eigenvalue weighted by molar-refractivity contribution is 6.06. The van der Waals surface area contributed by atoms with Crippen LogP contribution in [-0.2, 0) is 11.3 Å². The van der Waals surface area contributed by atoms with Crippen LogP contribution in [0.5, 0.6) is 0 Å². The molecule has 166 valence electrons. The normalized spacial score (nSPS) is 15.9. The SMILES string of the molecule is CCOC(=O)c1c(C2=CC=CN(C)C2O)c2cc(C)ccc2n1Cc1cc(F)ccc1F. The highest BCUT2D eigenvalue weighted by Crippen LogP contribution is 2.37. The first-order valence-electron chi connectivity index (χ1n) is 10.3. The summed E-state index contributed by atoms with van der Waals surface area (Å²) in [7, 11) is 1.73. The van der Waals surface area contributed by atoms with Crippen molar-refractivity contribution in [3.05, 3.63) is 88.8 Å². The lowest BCUT2D eigenvalue weighted by Gasteiger charge is -2.27. The average Bonchev–Trinajstić information content (AvgIpc) is 3.06. The van der Waals surface area contributed by atoms with E-state index in [1.165, 1.54) is 0 Å². The zero-order valence-electron chi connectivity index (χ0n) is 18.1. The van der Waals surface area contributed by atoms with Crippen molar-refractivity contribution in [1.82, 2.24) is 9.47 Å². The minimum absolute atomic E-state index is 0.0770. The number of halogens is 2. The summed E-state index contributed by atoms with van der Waals surface area (Å²) in [5.74, 6) is -1.74. The van der Waals surface area contributed by atoms with Gasteiger partial charge >= 0.3 is 5.97 Å². The maximum atomic E-state index is 14.5. The van der Waals surface area contributed by atoms with Crippen LogP contribution in [0, 0.1) is 18.6 Å². The maximum Gasteiger partial charge on any atom is 0.355 e. The molecule has 1 aromatic heterocycles. The van der Waals surface area contributed by atoms with Gasteiger partial charge in [-0.3, -0.25) is 0 Å². The Balaban J connectivity index is 2.04. The second-order valence-electron chi connectivity index (χ2n) is 7.79. The molecule has 4 rings (SSSR count). The number of aromatic nitrogens is 1. The van der Waals surface area contributed by atoms with Gasteiger partial charge < -0.3 is 19.3 Å². The van der Waals surface area contributed by atoms with Gasteiger partial charge in [-0.1, -0.05) is 17.7 Å². The number of fused-ring (bicyclic) bond motifs is 1. The third-order valence-electron chi connectivity index (χ3n) is 5.57. The smallest absolute Gasteiger partial charge is 0.355 e. The average molecular weight is 438 g/mol. The number of hydrogen-bond acceptors (Lipinski definition) is 4. The number of allylic oxidation sites excluding steroid dienone is 2. The minimum Gasteiger partial charge on any atom is -0.461 e. The number of aliphatic hydroxyl groups excluding tert-OH is 1. The Bertz CT molecular complexity index is 1260. The van der Waals surface area contributed by atoms with E-state index in [0.717, 1.165) is 29.1 Å². The maximum absolute atomic E-state index is 14.5. The standard InChI is InChI=1S/C25H24F2N2O3/c1-4-32-25(31)23-22(18-6-5-11-28(3)24(18)30)19-12-15(2)7-10-21(19)29(23)14-16-13-17(26)8-9-20(16)27/h5-13,24,30H,4,14H2,1-3H3. The number of nitrogens with zero attached hydrogens (tertiary/aromatic N) is 2. The molecule has 0 saturated heterocycles. The number of likely N-dealkylation sites (N-methyl/N-ethyl adjacent to an activating group) is 1. The van der Waals surface area contributed by atoms with Crippen molar-refractivity contribution in [3.8, 4) is 0 Å². The quantitative estimate of drug-likeness (QED) is 0.591. The Morgan fingerprint density at radius 2 is 1.97 bits per heavy atom. The van der Waals surface area contributed by atoms with Crippen LogP contribution >= 0.6 is 0 Å². The number of carbonyl (C=O) groups is 1. The van der Waals surface area contributed by atoms with E-state index in [0.29, 0.717) is 16.7 Å². The number of hydrogen-bond donors (Lipinski definition) is 1. The van der Waals surface area contributed by atoms with Gasteiger partial charge in [0.05, 0.1) is 13.2 Å². The molecule has 1 atom stereocenters. The van der Waals surface area contributed by atoms with Gasteiger partial charge in [0.25, 0.3) is 0 Å². The summed E-state index contributed by atoms with van der Waals surface area (Å²) >= 11 is 0. The molecule has 0 amide bonds. The number of rotatable bonds is 5. The zero-order chi connectivity index (χ0) is 23.0. The minimum atomic E-state index is -0.987. The Labute approximate surface area is 184 Å². The van der Waals surface area contributed by atoms with Gasteiger partial charge in [-0.05, 0) is 50.3 Å². The summed E-state index contributed by atoms with van der Waals surface area (Å²) in [6.45, 7) is 3.70. The lowest BCUT2D eigenvalue weighted by molar-refractivity contribution is 0.0514. The van der Waals surface area contributed by atoms with Crippen molar-refractivity contribution < 1.29 is 23.4 Å². The van der Waals surface area contributed by atoms with Gasteiger partial charge in [0, 0.05) is 40.9 Å². The number of aliphatic hydroxyl groups is 1. The van der Waals surface area contributed by atoms with Crippen molar-refractivity contribution in [2.24, 2.45) is 0 Å². The monoisotopic (exact) mass is 438 g/mol. The number of carbonyl (C=O) groups excluding carboxylic acids is 1. The van der Waals surface area contributed by atoms with E-state index in [9.17, 15) is 18.7 Å². The van der Waals surface area contributed by atoms with Gasteiger partial charge in [0.2, 0.25) is 0 Å². The van der Waals surface area contributed by atoms with Crippen LogP contribution in [0.3, 0.4) is 0 Å². The van der Waals surface area contributed by atoms with Crippen molar-refractivity contribution in [1.29, 1.82) is 0 Å². The summed E-state index contributed by atoms with van der Waals surface area (Å²) in [6, 6.07) is 8.88. The van der Waals surface area contributed by atoms with Crippen LogP contribution in [0.2, 0.25) is 0 Å². The molecule has 0 aliphatic carbocycles. The van der Waals surface area contributed by atoms with E-state index in [-0.39, 0.29) is 24.4 Å². The zero-order valence-corrected chi connectivity index (χ0v) is 18.1. The molecule has 1 aliphatic heterocycles. The van der Waals surface area contributed by atoms with Crippen LogP contribution in [0.15, 0.2) is 54.8 Å². The lowest BCUT2D eigenvalue weighted by Crippen LogP contribution is -2.30. The fourth-order valence-corrected chi connectivity index (χ4v) is 4.05. The van der Waals surface area contributed by atoms with Crippen molar-refractivity contribution in [2.45, 2.75) is 26.6 Å². The van der Waals surface area contributed by atoms with Gasteiger partial charge in [-0.2, -0.15) is 0 Å². The molecule has 0 radical (unpaired) electrons. The van der Waals surface area contributed by atoms with E-state index in [4.69, 9.17) is 4.74 Å². The molecule has 5 nitrogen and oxygen atoms in total. The van der Waals surface area contributed by atoms with E-state index in [1.54, 1.807) is 41.8 Å². The summed E-state index contributed by atoms with van der Waals surface area (Å²) in [5.41, 5.74) is 2.94. The first-order valence-corrected chi connectivity index (χ1v) is 10.3. The van der Waals surface area contributed by atoms with Crippen molar-refractivity contribution >= 4 is 22.4 Å². The highest BCUT2D eigenvalue weighted by Gasteiger charge is 2.30. The Morgan fingerprint density at radius 1 is 1.19 bits per heavy atom. The van der Waals surface area contributed by atoms with E-state index >= 15 is 0 Å². The van der Waals surface area contributed by atoms with Crippen LogP contribution in [0.4, 0.5) is 8.78 Å². The molecule has 0 bridgehead atoms. The van der Waals surface area contributed by atoms with Gasteiger partial charge in [-0.25, -0.2) is 13.6 Å². The second-order valence-corrected chi connectivity index (χ2v) is 7.79. The molecule has 0 saturated carbocycles. The topological polar surface area (TPSA) is 54.7 Å². The summed E-state index contributed by atoms with van der Waals surface area (Å²) in [5, 5.41) is 11.6. The summed E-state index contributed by atoms with van der Waals surface area (Å²) in [6.07, 6.45) is 4.27. The fraction of sp³-hybridized carbons (Fsp3) is 0.240. The first-order chi connectivity index (χ1) is 15.3. The summed E-state index contributed by atoms with van der Waals surface area (Å²) < 4.78 is 35.4. The molecule has 1 N–H and O–H groups in total. The Hall–Kier alpha value is -3.45. The van der Waals surface area contributed by atoms with Crippen molar-refractivity contribution in [2.75, 3.05) is 13.7 Å². The summed E-state index contributed by atoms with van der Waals surface area (Å²) in [4.78, 5) is 14.8. The van der Waals surface area contributed by atoms with E-state index in [1.807, 2.05) is 25.1 Å². The third-order valence-corrected chi connectivity index (χ3v) is 5.57. The molecule has 3 aromatic rings. The number of esters is 1.